The lowest BCUT2D eigenvalue weighted by Gasteiger charge is -2.03. The van der Waals surface area contributed by atoms with E-state index in [9.17, 15) is 13.2 Å². The number of nitrogens with two attached hydrogens (primary N) is 1. The van der Waals surface area contributed by atoms with Crippen LogP contribution >= 0.6 is 0 Å². The van der Waals surface area contributed by atoms with E-state index in [4.69, 9.17) is 10.3 Å². The number of halogens is 3. The molecular formula is C13H13F3N2O. The number of benzene rings is 1. The summed E-state index contributed by atoms with van der Waals surface area (Å²) in [5.74, 6) is -3.60. The Morgan fingerprint density at radius 1 is 1.21 bits per heavy atom. The standard InChI is InChI=1S/C13H13F3N2O/c1-2-3-10(17)12-6-11(18-19-12)7-4-8(14)13(16)9(15)5-7/h4-6,10H,2-3,17H2,1H3. The Balaban J connectivity index is 2.33. The SMILES string of the molecule is CCCC(N)c1cc(-c2cc(F)c(F)c(F)c2)no1. The van der Waals surface area contributed by atoms with Crippen molar-refractivity contribution in [2.45, 2.75) is 25.8 Å². The summed E-state index contributed by atoms with van der Waals surface area (Å²) >= 11 is 0. The highest BCUT2D eigenvalue weighted by molar-refractivity contribution is 5.59. The Morgan fingerprint density at radius 3 is 2.42 bits per heavy atom. The Labute approximate surface area is 108 Å². The highest BCUT2D eigenvalue weighted by Crippen LogP contribution is 2.26. The minimum atomic E-state index is -1.50. The molecule has 0 fully saturated rings. The van der Waals surface area contributed by atoms with Gasteiger partial charge in [-0.3, -0.25) is 0 Å². The van der Waals surface area contributed by atoms with Crippen LogP contribution < -0.4 is 5.73 Å². The zero-order valence-electron chi connectivity index (χ0n) is 10.3. The van der Waals surface area contributed by atoms with E-state index in [0.717, 1.165) is 18.6 Å². The van der Waals surface area contributed by atoms with Gasteiger partial charge in [-0.2, -0.15) is 0 Å². The molecule has 6 heteroatoms. The first kappa shape index (κ1) is 13.6. The monoisotopic (exact) mass is 270 g/mol. The molecule has 102 valence electrons. The van der Waals surface area contributed by atoms with Crippen molar-refractivity contribution in [2.24, 2.45) is 5.73 Å². The van der Waals surface area contributed by atoms with Crippen molar-refractivity contribution < 1.29 is 17.7 Å². The summed E-state index contributed by atoms with van der Waals surface area (Å²) in [6.07, 6.45) is 1.58. The van der Waals surface area contributed by atoms with Crippen LogP contribution in [0.25, 0.3) is 11.3 Å². The Morgan fingerprint density at radius 2 is 1.84 bits per heavy atom. The molecule has 1 unspecified atom stereocenters. The van der Waals surface area contributed by atoms with Crippen LogP contribution in [0.5, 0.6) is 0 Å². The van der Waals surface area contributed by atoms with Gasteiger partial charge in [-0.05, 0) is 18.6 Å². The van der Waals surface area contributed by atoms with Gasteiger partial charge >= 0.3 is 0 Å². The summed E-state index contributed by atoms with van der Waals surface area (Å²) in [5, 5.41) is 3.69. The smallest absolute Gasteiger partial charge is 0.194 e. The molecular weight excluding hydrogens is 257 g/mol. The minimum Gasteiger partial charge on any atom is -0.359 e. The molecule has 19 heavy (non-hydrogen) atoms. The van der Waals surface area contributed by atoms with Gasteiger partial charge < -0.3 is 10.3 Å². The van der Waals surface area contributed by atoms with E-state index in [0.29, 0.717) is 12.2 Å². The first-order valence-electron chi connectivity index (χ1n) is 5.90. The number of aromatic nitrogens is 1. The summed E-state index contributed by atoms with van der Waals surface area (Å²) in [5.41, 5.74) is 6.17. The average Bonchev–Trinajstić information content (AvgIpc) is 2.85. The maximum atomic E-state index is 13.1. The molecule has 0 spiro atoms. The number of nitrogens with zero attached hydrogens (tertiary/aromatic N) is 1. The van der Waals surface area contributed by atoms with Crippen molar-refractivity contribution in [3.63, 3.8) is 0 Å². The summed E-state index contributed by atoms with van der Waals surface area (Å²) in [4.78, 5) is 0. The van der Waals surface area contributed by atoms with Crippen molar-refractivity contribution in [2.75, 3.05) is 0 Å². The van der Waals surface area contributed by atoms with Gasteiger partial charge in [0.15, 0.2) is 23.2 Å². The third-order valence-electron chi connectivity index (χ3n) is 2.77. The third-order valence-corrected chi connectivity index (χ3v) is 2.77. The van der Waals surface area contributed by atoms with Gasteiger partial charge in [0.1, 0.15) is 5.69 Å². The lowest BCUT2D eigenvalue weighted by Crippen LogP contribution is -2.08. The van der Waals surface area contributed by atoms with Crippen molar-refractivity contribution in [3.05, 3.63) is 41.4 Å². The summed E-state index contributed by atoms with van der Waals surface area (Å²) in [6, 6.07) is 2.92. The molecule has 3 nitrogen and oxygen atoms in total. The molecule has 0 radical (unpaired) electrons. The Kier molecular flexibility index (Phi) is 3.90. The number of hydrogen-bond acceptors (Lipinski definition) is 3. The van der Waals surface area contributed by atoms with E-state index in [1.807, 2.05) is 6.92 Å². The maximum Gasteiger partial charge on any atom is 0.194 e. The molecule has 0 saturated carbocycles. The van der Waals surface area contributed by atoms with Crippen molar-refractivity contribution in [1.29, 1.82) is 0 Å². The van der Waals surface area contributed by atoms with Gasteiger partial charge in [-0.25, -0.2) is 13.2 Å². The van der Waals surface area contributed by atoms with E-state index < -0.39 is 17.5 Å². The average molecular weight is 270 g/mol. The van der Waals surface area contributed by atoms with Crippen LogP contribution in [0.15, 0.2) is 22.7 Å². The topological polar surface area (TPSA) is 52.0 Å². The van der Waals surface area contributed by atoms with Gasteiger partial charge in [-0.1, -0.05) is 18.5 Å². The lowest BCUT2D eigenvalue weighted by atomic mass is 10.1. The molecule has 2 N–H and O–H groups in total. The zero-order valence-corrected chi connectivity index (χ0v) is 10.3. The molecule has 2 aromatic rings. The maximum absolute atomic E-state index is 13.1. The van der Waals surface area contributed by atoms with Crippen molar-refractivity contribution in [3.8, 4) is 11.3 Å². The van der Waals surface area contributed by atoms with Gasteiger partial charge in [0.25, 0.3) is 0 Å². The van der Waals surface area contributed by atoms with Crippen LogP contribution in [0.1, 0.15) is 31.6 Å². The van der Waals surface area contributed by atoms with E-state index in [2.05, 4.69) is 5.16 Å². The van der Waals surface area contributed by atoms with Crippen molar-refractivity contribution >= 4 is 0 Å². The van der Waals surface area contributed by atoms with Crippen LogP contribution in [-0.4, -0.2) is 5.16 Å². The van der Waals surface area contributed by atoms with Gasteiger partial charge in [0, 0.05) is 11.6 Å². The highest BCUT2D eigenvalue weighted by Gasteiger charge is 2.16. The zero-order chi connectivity index (χ0) is 14.0. The second kappa shape index (κ2) is 5.44. The second-order valence-electron chi connectivity index (χ2n) is 4.26. The first-order chi connectivity index (χ1) is 9.02. The fourth-order valence-corrected chi connectivity index (χ4v) is 1.76. The molecule has 0 saturated heterocycles. The molecule has 2 rings (SSSR count). The summed E-state index contributed by atoms with van der Waals surface area (Å²) in [6.45, 7) is 1.97. The first-order valence-corrected chi connectivity index (χ1v) is 5.90. The molecule has 1 atom stereocenters. The number of hydrogen-bond donors (Lipinski definition) is 1. The number of rotatable bonds is 4. The van der Waals surface area contributed by atoms with Crippen LogP contribution in [-0.2, 0) is 0 Å². The second-order valence-corrected chi connectivity index (χ2v) is 4.26. The van der Waals surface area contributed by atoms with Crippen molar-refractivity contribution in [1.82, 2.24) is 5.16 Å². The molecule has 0 bridgehead atoms. The molecule has 0 aliphatic heterocycles. The molecule has 0 aliphatic rings. The van der Waals surface area contributed by atoms with E-state index in [1.165, 1.54) is 6.07 Å². The Hall–Kier alpha value is -1.82. The van der Waals surface area contributed by atoms with Crippen LogP contribution in [0.2, 0.25) is 0 Å². The molecule has 1 heterocycles. The summed E-state index contributed by atoms with van der Waals surface area (Å²) in [7, 11) is 0. The van der Waals surface area contributed by atoms with E-state index in [-0.39, 0.29) is 17.3 Å². The predicted molar refractivity (Wildman–Crippen MR) is 63.6 cm³/mol. The van der Waals surface area contributed by atoms with Gasteiger partial charge in [-0.15, -0.1) is 0 Å². The molecule has 1 aromatic carbocycles. The lowest BCUT2D eigenvalue weighted by molar-refractivity contribution is 0.356. The van der Waals surface area contributed by atoms with E-state index >= 15 is 0 Å². The van der Waals surface area contributed by atoms with E-state index in [1.54, 1.807) is 0 Å². The largest absolute Gasteiger partial charge is 0.359 e. The van der Waals surface area contributed by atoms with Crippen LogP contribution in [0.4, 0.5) is 13.2 Å². The van der Waals surface area contributed by atoms with Gasteiger partial charge in [0.2, 0.25) is 0 Å². The van der Waals surface area contributed by atoms with Crippen LogP contribution in [0.3, 0.4) is 0 Å². The molecule has 1 aromatic heterocycles. The quantitative estimate of drug-likeness (QED) is 0.864. The fourth-order valence-electron chi connectivity index (χ4n) is 1.76. The predicted octanol–water partition coefficient (Wildman–Crippen LogP) is 3.56. The minimum absolute atomic E-state index is 0.107. The highest BCUT2D eigenvalue weighted by atomic mass is 19.2. The van der Waals surface area contributed by atoms with Crippen LogP contribution in [0, 0.1) is 17.5 Å². The molecule has 0 amide bonds. The Bertz CT molecular complexity index is 560. The fraction of sp³-hybridized carbons (Fsp3) is 0.308. The normalized spacial score (nSPS) is 12.7. The third kappa shape index (κ3) is 2.78. The molecule has 0 aliphatic carbocycles. The van der Waals surface area contributed by atoms with Gasteiger partial charge in [0.05, 0.1) is 6.04 Å². The summed E-state index contributed by atoms with van der Waals surface area (Å²) < 4.78 is 44.1.